The van der Waals surface area contributed by atoms with Crippen molar-refractivity contribution >= 4 is 17.9 Å². The van der Waals surface area contributed by atoms with Gasteiger partial charge in [0.15, 0.2) is 5.60 Å². The molecule has 6 aliphatic rings. The quantitative estimate of drug-likeness (QED) is 0.133. The SMILES string of the molecule is CCN1C[C@]2(COC)[C@H](O)C[C@H](OC)[C@@]34[C@@H]5C[C@@]6(O)[C@H](OC(=O)c7ccccc7)[C@@H]5[C@@](OC(=O)CCCCCCCC(=O)O)([C@H]([C@H](OC)[C@H]23)[C@@H]14)[C@@H](O)[C@@H]6OC. The van der Waals surface area contributed by atoms with E-state index < -0.39 is 106 Å². The molecule has 5 aliphatic carbocycles. The fourth-order valence-corrected chi connectivity index (χ4v) is 13.4. The Kier molecular flexibility index (Phi) is 11.2. The highest BCUT2D eigenvalue weighted by Crippen LogP contribution is 2.80. The van der Waals surface area contributed by atoms with Crippen molar-refractivity contribution in [2.45, 2.75) is 119 Å². The van der Waals surface area contributed by atoms with Crippen molar-refractivity contribution in [2.75, 3.05) is 48.1 Å². The summed E-state index contributed by atoms with van der Waals surface area (Å²) in [5.74, 6) is -4.65. The first-order chi connectivity index (χ1) is 26.4. The van der Waals surface area contributed by atoms with E-state index in [0.717, 1.165) is 12.8 Å². The lowest BCUT2D eigenvalue weighted by molar-refractivity contribution is -0.323. The summed E-state index contributed by atoms with van der Waals surface area (Å²) in [6, 6.07) is 8.11. The van der Waals surface area contributed by atoms with Gasteiger partial charge in [-0.15, -0.1) is 0 Å². The van der Waals surface area contributed by atoms with Crippen molar-refractivity contribution in [1.82, 2.24) is 4.90 Å². The predicted molar refractivity (Wildman–Crippen MR) is 195 cm³/mol. The van der Waals surface area contributed by atoms with Crippen LogP contribution >= 0.6 is 0 Å². The van der Waals surface area contributed by atoms with Gasteiger partial charge in [-0.3, -0.25) is 14.5 Å². The third-order valence-electron chi connectivity index (χ3n) is 14.9. The number of carbonyl (C=O) groups is 3. The number of nitrogens with zero attached hydrogens (tertiary/aromatic N) is 1. The van der Waals surface area contributed by atoms with E-state index in [9.17, 15) is 29.7 Å². The summed E-state index contributed by atoms with van der Waals surface area (Å²) in [5, 5.41) is 47.0. The maximum absolute atomic E-state index is 14.3. The number of carbonyl (C=O) groups excluding carboxylic acids is 2. The molecule has 1 heterocycles. The number of aliphatic carboxylic acids is 1. The summed E-state index contributed by atoms with van der Waals surface area (Å²) in [6.45, 7) is 3.28. The van der Waals surface area contributed by atoms with Crippen molar-refractivity contribution in [3.63, 3.8) is 0 Å². The molecule has 0 aromatic heterocycles. The number of likely N-dealkylation sites (tertiary alicyclic amines) is 1. The number of esters is 2. The number of piperidine rings is 1. The lowest BCUT2D eigenvalue weighted by Crippen LogP contribution is -2.81. The minimum atomic E-state index is -1.88. The highest BCUT2D eigenvalue weighted by atomic mass is 16.6. The fourth-order valence-electron chi connectivity index (χ4n) is 13.4. The molecule has 0 amide bonds. The summed E-state index contributed by atoms with van der Waals surface area (Å²) in [5.41, 5.74) is -5.04. The summed E-state index contributed by atoms with van der Waals surface area (Å²) in [4.78, 5) is 41.6. The molecule has 1 aromatic rings. The van der Waals surface area contributed by atoms with Gasteiger partial charge >= 0.3 is 17.9 Å². The predicted octanol–water partition coefficient (Wildman–Crippen LogP) is 2.44. The van der Waals surface area contributed by atoms with Gasteiger partial charge in [-0.1, -0.05) is 44.4 Å². The molecule has 1 aromatic carbocycles. The highest BCUT2D eigenvalue weighted by molar-refractivity contribution is 5.89. The van der Waals surface area contributed by atoms with E-state index in [2.05, 4.69) is 4.90 Å². The monoisotopic (exact) mass is 773 g/mol. The summed E-state index contributed by atoms with van der Waals surface area (Å²) < 4.78 is 38.2. The molecule has 14 heteroatoms. The minimum Gasteiger partial charge on any atom is -0.481 e. The van der Waals surface area contributed by atoms with Crippen LogP contribution < -0.4 is 0 Å². The first kappa shape index (κ1) is 40.5. The maximum Gasteiger partial charge on any atom is 0.338 e. The van der Waals surface area contributed by atoms with Gasteiger partial charge in [-0.2, -0.15) is 0 Å². The number of methoxy groups -OCH3 is 4. The topological polar surface area (TPSA) is 191 Å². The van der Waals surface area contributed by atoms with Gasteiger partial charge in [0.25, 0.3) is 0 Å². The van der Waals surface area contributed by atoms with Gasteiger partial charge < -0.3 is 48.8 Å². The zero-order valence-electron chi connectivity index (χ0n) is 32.6. The zero-order chi connectivity index (χ0) is 39.5. The molecule has 1 saturated heterocycles. The number of carboxylic acid groups (broad SMARTS) is 1. The van der Waals surface area contributed by atoms with E-state index in [4.69, 9.17) is 33.5 Å². The number of aliphatic hydroxyl groups is 3. The molecular formula is C41H59NO13. The van der Waals surface area contributed by atoms with Crippen LogP contribution in [0, 0.1) is 34.5 Å². The third-order valence-corrected chi connectivity index (χ3v) is 14.9. The number of fused-ring (bicyclic) bond motifs is 2. The standard InChI is InChI=1S/C41H59NO13/c1-6-42-21-38(22-50-2)25(43)19-26(51-3)40-24-20-39(49)35(54-37(48)23-15-11-10-12-16-23)29(24)41(34(47)36(39)53-5,30(33(40)42)31(52-4)32(38)40)55-28(46)18-14-9-7-8-13-17-27(44)45/h10-12,15-16,24-26,29-36,43,47,49H,6-9,13-14,17-22H2,1-5H3,(H,44,45)/t24-,25-,26+,29-,30-,31+,32-,33-,34+,35-,36+,38+,39-,40+,41-/m1/s1. The van der Waals surface area contributed by atoms with Crippen LogP contribution in [0.3, 0.4) is 0 Å². The van der Waals surface area contributed by atoms with E-state index in [1.807, 2.05) is 6.92 Å². The van der Waals surface area contributed by atoms with E-state index >= 15 is 0 Å². The Hall–Kier alpha value is -2.69. The normalized spacial score (nSPS) is 43.6. The first-order valence-corrected chi connectivity index (χ1v) is 20.0. The molecule has 306 valence electrons. The van der Waals surface area contributed by atoms with E-state index in [1.54, 1.807) is 51.7 Å². The van der Waals surface area contributed by atoms with Crippen molar-refractivity contribution in [3.8, 4) is 0 Å². The molecule has 0 unspecified atom stereocenters. The number of ether oxygens (including phenoxy) is 6. The largest absolute Gasteiger partial charge is 0.481 e. The molecule has 4 N–H and O–H groups in total. The van der Waals surface area contributed by atoms with Crippen molar-refractivity contribution < 1.29 is 63.2 Å². The Morgan fingerprint density at radius 2 is 1.58 bits per heavy atom. The second-order valence-electron chi connectivity index (χ2n) is 17.0. The lowest BCUT2D eigenvalue weighted by atomic mass is 9.42. The first-order valence-electron chi connectivity index (χ1n) is 20.0. The van der Waals surface area contributed by atoms with Crippen LogP contribution in [-0.2, 0) is 38.0 Å². The number of hydrogen-bond donors (Lipinski definition) is 4. The van der Waals surface area contributed by atoms with E-state index in [-0.39, 0.29) is 31.4 Å². The zero-order valence-corrected chi connectivity index (χ0v) is 32.6. The summed E-state index contributed by atoms with van der Waals surface area (Å²) >= 11 is 0. The van der Waals surface area contributed by atoms with Crippen molar-refractivity contribution in [3.05, 3.63) is 35.9 Å². The van der Waals surface area contributed by atoms with Gasteiger partial charge in [0.2, 0.25) is 0 Å². The van der Waals surface area contributed by atoms with Gasteiger partial charge in [-0.05, 0) is 43.9 Å². The molecule has 5 saturated carbocycles. The van der Waals surface area contributed by atoms with E-state index in [0.29, 0.717) is 38.8 Å². The van der Waals surface area contributed by atoms with E-state index in [1.165, 1.54) is 7.11 Å². The Labute approximate surface area is 322 Å². The molecule has 7 rings (SSSR count). The van der Waals surface area contributed by atoms with Crippen LogP contribution in [0.5, 0.6) is 0 Å². The van der Waals surface area contributed by atoms with Crippen LogP contribution in [-0.4, -0.2) is 145 Å². The number of hydrogen-bond acceptors (Lipinski definition) is 13. The minimum absolute atomic E-state index is 0.0370. The number of aliphatic hydroxyl groups excluding tert-OH is 2. The number of unbranched alkanes of at least 4 members (excludes halogenated alkanes) is 4. The molecule has 15 atom stereocenters. The second-order valence-corrected chi connectivity index (χ2v) is 17.0. The van der Waals surface area contributed by atoms with Crippen LogP contribution in [0.15, 0.2) is 30.3 Å². The average Bonchev–Trinajstić information content (AvgIpc) is 3.54. The number of carboxylic acids is 1. The van der Waals surface area contributed by atoms with Crippen LogP contribution in [0.4, 0.5) is 0 Å². The Morgan fingerprint density at radius 1 is 0.891 bits per heavy atom. The fraction of sp³-hybridized carbons (Fsp3) is 0.780. The van der Waals surface area contributed by atoms with Crippen LogP contribution in [0.1, 0.15) is 75.1 Å². The van der Waals surface area contributed by atoms with Crippen LogP contribution in [0.2, 0.25) is 0 Å². The Bertz CT molecular complexity index is 1580. The van der Waals surface area contributed by atoms with Gasteiger partial charge in [0, 0.05) is 88.9 Å². The third kappa shape index (κ3) is 5.67. The molecule has 55 heavy (non-hydrogen) atoms. The van der Waals surface area contributed by atoms with Gasteiger partial charge in [-0.25, -0.2) is 4.79 Å². The molecule has 7 bridgehead atoms. The Balaban J connectivity index is 1.38. The summed E-state index contributed by atoms with van der Waals surface area (Å²) in [6.07, 6.45) is -2.51. The molecule has 6 fully saturated rings. The van der Waals surface area contributed by atoms with Gasteiger partial charge in [0.1, 0.15) is 23.9 Å². The maximum atomic E-state index is 14.3. The Morgan fingerprint density at radius 3 is 2.20 bits per heavy atom. The molecule has 1 aliphatic heterocycles. The molecule has 0 radical (unpaired) electrons. The van der Waals surface area contributed by atoms with Crippen LogP contribution in [0.25, 0.3) is 0 Å². The second kappa shape index (κ2) is 15.2. The molecular weight excluding hydrogens is 714 g/mol. The molecule has 1 spiro atoms. The number of benzene rings is 1. The van der Waals surface area contributed by atoms with Crippen molar-refractivity contribution in [2.24, 2.45) is 34.5 Å². The molecule has 14 nitrogen and oxygen atoms in total. The van der Waals surface area contributed by atoms with Gasteiger partial charge in [0.05, 0.1) is 30.5 Å². The van der Waals surface area contributed by atoms with Crippen molar-refractivity contribution in [1.29, 1.82) is 0 Å². The summed E-state index contributed by atoms with van der Waals surface area (Å²) in [7, 11) is 6.26. The number of rotatable bonds is 17. The average molecular weight is 774 g/mol. The highest BCUT2D eigenvalue weighted by Gasteiger charge is 2.92. The smallest absolute Gasteiger partial charge is 0.338 e. The lowest BCUT2D eigenvalue weighted by Gasteiger charge is -2.70.